The molecule has 2 aromatic heterocycles. The van der Waals surface area contributed by atoms with E-state index >= 15 is 0 Å². The SMILES string of the molecule is CC[C@@H](C)c1nc(N2CCN(C(=O)C3CCC3)CC2)c2c3c(sc2n1)C[C@H](C)CC3. The molecule has 1 saturated carbocycles. The molecule has 0 unspecified atom stereocenters. The molecule has 1 amide bonds. The standard InChI is InChI=1S/C24H34N4OS/c1-4-16(3)21-25-22(20-18-9-8-15(2)14-19(18)30-23(20)26-21)27-10-12-28(13-11-27)24(29)17-6-5-7-17/h15-17H,4-14H2,1-3H3/t15-,16-/m1/s1. The van der Waals surface area contributed by atoms with Crippen LogP contribution in [0, 0.1) is 11.8 Å². The summed E-state index contributed by atoms with van der Waals surface area (Å²) in [5.74, 6) is 3.93. The summed E-state index contributed by atoms with van der Waals surface area (Å²) in [4.78, 5) is 30.1. The lowest BCUT2D eigenvalue weighted by atomic mass is 9.84. The van der Waals surface area contributed by atoms with Gasteiger partial charge in [0, 0.05) is 42.9 Å². The number of hydrogen-bond donors (Lipinski definition) is 0. The van der Waals surface area contributed by atoms with Crippen molar-refractivity contribution >= 4 is 33.3 Å². The van der Waals surface area contributed by atoms with E-state index in [4.69, 9.17) is 9.97 Å². The van der Waals surface area contributed by atoms with Crippen LogP contribution in [0.2, 0.25) is 0 Å². The number of fused-ring (bicyclic) bond motifs is 3. The summed E-state index contributed by atoms with van der Waals surface area (Å²) < 4.78 is 0. The van der Waals surface area contributed by atoms with Crippen molar-refractivity contribution < 1.29 is 4.79 Å². The average molecular weight is 427 g/mol. The Hall–Kier alpha value is -1.69. The monoisotopic (exact) mass is 426 g/mol. The number of piperazine rings is 1. The third-order valence-electron chi connectivity index (χ3n) is 7.55. The van der Waals surface area contributed by atoms with E-state index in [0.717, 1.165) is 69.4 Å². The fraction of sp³-hybridized carbons (Fsp3) is 0.708. The normalized spacial score (nSPS) is 23.4. The van der Waals surface area contributed by atoms with Crippen LogP contribution in [-0.4, -0.2) is 47.0 Å². The molecule has 0 spiro atoms. The summed E-state index contributed by atoms with van der Waals surface area (Å²) in [5.41, 5.74) is 1.51. The van der Waals surface area contributed by atoms with Gasteiger partial charge in [-0.2, -0.15) is 0 Å². The minimum atomic E-state index is 0.296. The van der Waals surface area contributed by atoms with Gasteiger partial charge in [-0.25, -0.2) is 9.97 Å². The third kappa shape index (κ3) is 3.51. The van der Waals surface area contributed by atoms with Gasteiger partial charge in [0.2, 0.25) is 5.91 Å². The molecule has 0 aromatic carbocycles. The Balaban J connectivity index is 1.47. The maximum Gasteiger partial charge on any atom is 0.225 e. The fourth-order valence-corrected chi connectivity index (χ4v) is 6.41. The molecular weight excluding hydrogens is 392 g/mol. The second-order valence-corrected chi connectivity index (χ2v) is 10.8. The molecule has 6 heteroatoms. The molecule has 30 heavy (non-hydrogen) atoms. The zero-order valence-electron chi connectivity index (χ0n) is 18.6. The van der Waals surface area contributed by atoms with E-state index < -0.39 is 0 Å². The highest BCUT2D eigenvalue weighted by atomic mass is 32.1. The molecule has 2 aromatic rings. The Labute approximate surface area is 183 Å². The van der Waals surface area contributed by atoms with Crippen LogP contribution in [-0.2, 0) is 17.6 Å². The molecule has 0 N–H and O–H groups in total. The Morgan fingerprint density at radius 3 is 2.60 bits per heavy atom. The summed E-state index contributed by atoms with van der Waals surface area (Å²) in [7, 11) is 0. The van der Waals surface area contributed by atoms with Crippen molar-refractivity contribution in [2.24, 2.45) is 11.8 Å². The average Bonchev–Trinajstić information content (AvgIpc) is 3.08. The Morgan fingerprint density at radius 1 is 1.17 bits per heavy atom. The minimum absolute atomic E-state index is 0.296. The highest BCUT2D eigenvalue weighted by Crippen LogP contribution is 2.42. The molecule has 5 rings (SSSR count). The fourth-order valence-electron chi connectivity index (χ4n) is 5.02. The predicted octanol–water partition coefficient (Wildman–Crippen LogP) is 4.78. The summed E-state index contributed by atoms with van der Waals surface area (Å²) >= 11 is 1.90. The van der Waals surface area contributed by atoms with E-state index in [1.54, 1.807) is 0 Å². The first kappa shape index (κ1) is 20.2. The summed E-state index contributed by atoms with van der Waals surface area (Å²) in [6, 6.07) is 0. The number of hydrogen-bond acceptors (Lipinski definition) is 5. The van der Waals surface area contributed by atoms with Crippen molar-refractivity contribution in [3.8, 4) is 0 Å². The van der Waals surface area contributed by atoms with Crippen LogP contribution in [0.3, 0.4) is 0 Å². The topological polar surface area (TPSA) is 49.3 Å². The maximum absolute atomic E-state index is 12.7. The summed E-state index contributed by atoms with van der Waals surface area (Å²) in [6.45, 7) is 10.2. The first-order valence-corrected chi connectivity index (χ1v) is 12.7. The summed E-state index contributed by atoms with van der Waals surface area (Å²) in [6.07, 6.45) is 8.03. The molecule has 3 heterocycles. The first-order valence-electron chi connectivity index (χ1n) is 11.9. The van der Waals surface area contributed by atoms with Crippen molar-refractivity contribution in [3.05, 3.63) is 16.3 Å². The van der Waals surface area contributed by atoms with E-state index in [2.05, 4.69) is 30.6 Å². The molecule has 0 radical (unpaired) electrons. The number of carbonyl (C=O) groups excluding carboxylic acids is 1. The van der Waals surface area contributed by atoms with Gasteiger partial charge in [0.25, 0.3) is 0 Å². The third-order valence-corrected chi connectivity index (χ3v) is 8.70. The smallest absolute Gasteiger partial charge is 0.225 e. The number of carbonyl (C=O) groups is 1. The molecule has 1 saturated heterocycles. The first-order chi connectivity index (χ1) is 14.5. The number of thiophene rings is 1. The van der Waals surface area contributed by atoms with Gasteiger partial charge in [0.15, 0.2) is 0 Å². The highest BCUT2D eigenvalue weighted by molar-refractivity contribution is 7.19. The van der Waals surface area contributed by atoms with Crippen molar-refractivity contribution in [1.29, 1.82) is 0 Å². The largest absolute Gasteiger partial charge is 0.352 e. The quantitative estimate of drug-likeness (QED) is 0.706. The molecule has 5 nitrogen and oxygen atoms in total. The van der Waals surface area contributed by atoms with Crippen molar-refractivity contribution in [2.75, 3.05) is 31.1 Å². The molecule has 0 bridgehead atoms. The number of anilines is 1. The van der Waals surface area contributed by atoms with E-state index in [9.17, 15) is 4.79 Å². The van der Waals surface area contributed by atoms with Crippen molar-refractivity contribution in [3.63, 3.8) is 0 Å². The highest BCUT2D eigenvalue weighted by Gasteiger charge is 2.33. The van der Waals surface area contributed by atoms with Gasteiger partial charge >= 0.3 is 0 Å². The van der Waals surface area contributed by atoms with Crippen molar-refractivity contribution in [2.45, 2.75) is 71.6 Å². The van der Waals surface area contributed by atoms with Gasteiger partial charge in [-0.05, 0) is 50.0 Å². The molecule has 3 aliphatic rings. The Morgan fingerprint density at radius 2 is 1.93 bits per heavy atom. The lowest BCUT2D eigenvalue weighted by Gasteiger charge is -2.39. The number of aryl methyl sites for hydroxylation is 1. The van der Waals surface area contributed by atoms with Gasteiger partial charge in [-0.1, -0.05) is 27.2 Å². The van der Waals surface area contributed by atoms with Gasteiger partial charge in [0.1, 0.15) is 16.5 Å². The van der Waals surface area contributed by atoms with Gasteiger partial charge in [-0.15, -0.1) is 11.3 Å². The number of aromatic nitrogens is 2. The second-order valence-electron chi connectivity index (χ2n) is 9.69. The lowest BCUT2D eigenvalue weighted by molar-refractivity contribution is -0.138. The molecule has 2 aliphatic carbocycles. The second kappa shape index (κ2) is 8.10. The van der Waals surface area contributed by atoms with Gasteiger partial charge in [-0.3, -0.25) is 4.79 Å². The lowest BCUT2D eigenvalue weighted by Crippen LogP contribution is -2.51. The maximum atomic E-state index is 12.7. The Bertz CT molecular complexity index is 942. The zero-order valence-corrected chi connectivity index (χ0v) is 19.4. The van der Waals surface area contributed by atoms with Crippen LogP contribution in [0.1, 0.15) is 75.1 Å². The van der Waals surface area contributed by atoms with Crippen LogP contribution in [0.25, 0.3) is 10.2 Å². The number of nitrogens with zero attached hydrogens (tertiary/aromatic N) is 4. The van der Waals surface area contributed by atoms with Crippen LogP contribution in [0.5, 0.6) is 0 Å². The molecule has 2 fully saturated rings. The summed E-state index contributed by atoms with van der Waals surface area (Å²) in [5, 5.41) is 1.31. The van der Waals surface area contributed by atoms with E-state index in [-0.39, 0.29) is 0 Å². The van der Waals surface area contributed by atoms with Crippen LogP contribution in [0.4, 0.5) is 5.82 Å². The van der Waals surface area contributed by atoms with E-state index in [0.29, 0.717) is 17.7 Å². The minimum Gasteiger partial charge on any atom is -0.352 e. The molecule has 162 valence electrons. The molecule has 2 atom stereocenters. The number of rotatable bonds is 4. The van der Waals surface area contributed by atoms with Crippen LogP contribution in [0.15, 0.2) is 0 Å². The van der Waals surface area contributed by atoms with Gasteiger partial charge in [0.05, 0.1) is 5.39 Å². The Kier molecular flexibility index (Phi) is 5.46. The molecular formula is C24H34N4OS. The van der Waals surface area contributed by atoms with Gasteiger partial charge < -0.3 is 9.80 Å². The number of amides is 1. The molecule has 1 aliphatic heterocycles. The zero-order chi connectivity index (χ0) is 20.8. The van der Waals surface area contributed by atoms with E-state index in [1.807, 2.05) is 11.3 Å². The van der Waals surface area contributed by atoms with Crippen molar-refractivity contribution in [1.82, 2.24) is 14.9 Å². The van der Waals surface area contributed by atoms with Crippen LogP contribution >= 0.6 is 11.3 Å². The van der Waals surface area contributed by atoms with E-state index in [1.165, 1.54) is 39.9 Å². The van der Waals surface area contributed by atoms with Crippen LogP contribution < -0.4 is 4.90 Å². The predicted molar refractivity (Wildman–Crippen MR) is 123 cm³/mol.